The molecule has 6 heteroatoms. The van der Waals surface area contributed by atoms with E-state index in [0.717, 1.165) is 27.6 Å². The maximum atomic E-state index is 12.6. The molecule has 27 heavy (non-hydrogen) atoms. The Kier molecular flexibility index (Phi) is 5.19. The molecule has 0 spiro atoms. The first-order chi connectivity index (χ1) is 12.8. The van der Waals surface area contributed by atoms with Crippen LogP contribution in [0.3, 0.4) is 0 Å². The highest BCUT2D eigenvalue weighted by Gasteiger charge is 2.16. The summed E-state index contributed by atoms with van der Waals surface area (Å²) in [4.78, 5) is 2.59. The van der Waals surface area contributed by atoms with E-state index in [2.05, 4.69) is 9.93 Å². The summed E-state index contributed by atoms with van der Waals surface area (Å²) >= 11 is 0. The minimum Gasteiger partial charge on any atom is -0.497 e. The van der Waals surface area contributed by atoms with Gasteiger partial charge >= 0.3 is 0 Å². The lowest BCUT2D eigenvalue weighted by molar-refractivity contribution is 0.415. The molecule has 0 aliphatic rings. The van der Waals surface area contributed by atoms with E-state index in [4.69, 9.17) is 4.74 Å². The van der Waals surface area contributed by atoms with Crippen molar-refractivity contribution in [3.8, 4) is 5.75 Å². The van der Waals surface area contributed by atoms with Crippen molar-refractivity contribution in [3.05, 3.63) is 71.3 Å². The highest BCUT2D eigenvalue weighted by Crippen LogP contribution is 2.22. The van der Waals surface area contributed by atoms with Gasteiger partial charge in [0.15, 0.2) is 0 Å². The van der Waals surface area contributed by atoms with Gasteiger partial charge in [0.1, 0.15) is 5.75 Å². The first-order valence-electron chi connectivity index (χ1n) is 8.52. The number of nitrogens with zero attached hydrogens (tertiary/aromatic N) is 1. The van der Waals surface area contributed by atoms with Crippen molar-refractivity contribution >= 4 is 26.5 Å². The van der Waals surface area contributed by atoms with Crippen LogP contribution in [0.4, 0.5) is 0 Å². The normalized spacial score (nSPS) is 12.2. The SMILES string of the molecule is COc1ccc2cc(C(C)=NNS(=O)(=O)c3cc(C)ccc3C)ccc2c1. The maximum Gasteiger partial charge on any atom is 0.276 e. The van der Waals surface area contributed by atoms with E-state index in [-0.39, 0.29) is 4.90 Å². The van der Waals surface area contributed by atoms with Crippen LogP contribution in [0.5, 0.6) is 5.75 Å². The van der Waals surface area contributed by atoms with Gasteiger partial charge in [0, 0.05) is 0 Å². The van der Waals surface area contributed by atoms with Crippen LogP contribution in [-0.4, -0.2) is 21.2 Å². The number of hydrogen-bond donors (Lipinski definition) is 1. The van der Waals surface area contributed by atoms with Crippen LogP contribution in [0, 0.1) is 13.8 Å². The number of sulfonamides is 1. The fourth-order valence-corrected chi connectivity index (χ4v) is 4.00. The van der Waals surface area contributed by atoms with Crippen molar-refractivity contribution in [1.82, 2.24) is 4.83 Å². The number of benzene rings is 3. The average Bonchev–Trinajstić information content (AvgIpc) is 2.67. The second-order valence-electron chi connectivity index (χ2n) is 6.49. The number of aryl methyl sites for hydroxylation is 2. The number of hydrazone groups is 1. The van der Waals surface area contributed by atoms with Crippen LogP contribution < -0.4 is 9.57 Å². The predicted octanol–water partition coefficient (Wildman–Crippen LogP) is 4.17. The lowest BCUT2D eigenvalue weighted by Gasteiger charge is -2.09. The molecule has 0 heterocycles. The molecule has 0 saturated carbocycles. The molecule has 3 rings (SSSR count). The average molecular weight is 382 g/mol. The molecule has 5 nitrogen and oxygen atoms in total. The van der Waals surface area contributed by atoms with Gasteiger partial charge in [-0.05, 0) is 72.5 Å². The van der Waals surface area contributed by atoms with E-state index >= 15 is 0 Å². The van der Waals surface area contributed by atoms with Crippen LogP contribution in [0.2, 0.25) is 0 Å². The van der Waals surface area contributed by atoms with Crippen LogP contribution in [0.1, 0.15) is 23.6 Å². The Balaban J connectivity index is 1.89. The molecule has 0 atom stereocenters. The van der Waals surface area contributed by atoms with E-state index in [1.807, 2.05) is 49.4 Å². The highest BCUT2D eigenvalue weighted by molar-refractivity contribution is 7.89. The van der Waals surface area contributed by atoms with Gasteiger partial charge in [0.2, 0.25) is 0 Å². The molecule has 0 unspecified atom stereocenters. The Morgan fingerprint density at radius 3 is 2.41 bits per heavy atom. The number of rotatable bonds is 5. The second kappa shape index (κ2) is 7.40. The number of ether oxygens (including phenoxy) is 1. The molecule has 0 aromatic heterocycles. The van der Waals surface area contributed by atoms with Gasteiger partial charge in [-0.3, -0.25) is 0 Å². The Hall–Kier alpha value is -2.86. The molecule has 0 bridgehead atoms. The summed E-state index contributed by atoms with van der Waals surface area (Å²) in [6.07, 6.45) is 0. The Bertz CT molecular complexity index is 1140. The third-order valence-electron chi connectivity index (χ3n) is 4.43. The lowest BCUT2D eigenvalue weighted by Crippen LogP contribution is -2.21. The summed E-state index contributed by atoms with van der Waals surface area (Å²) in [7, 11) is -2.09. The number of nitrogens with one attached hydrogen (secondary N) is 1. The van der Waals surface area contributed by atoms with Gasteiger partial charge in [-0.2, -0.15) is 18.4 Å². The van der Waals surface area contributed by atoms with Crippen molar-refractivity contribution in [1.29, 1.82) is 0 Å². The second-order valence-corrected chi connectivity index (χ2v) is 8.12. The zero-order chi connectivity index (χ0) is 19.6. The number of methoxy groups -OCH3 is 1. The summed E-state index contributed by atoms with van der Waals surface area (Å²) in [6, 6.07) is 17.0. The predicted molar refractivity (Wildman–Crippen MR) is 109 cm³/mol. The molecule has 0 aliphatic carbocycles. The summed E-state index contributed by atoms with van der Waals surface area (Å²) in [5, 5.41) is 6.18. The minimum absolute atomic E-state index is 0.240. The third kappa shape index (κ3) is 4.11. The number of hydrogen-bond acceptors (Lipinski definition) is 4. The summed E-state index contributed by atoms with van der Waals surface area (Å²) in [5.41, 5.74) is 2.99. The van der Waals surface area contributed by atoms with Crippen LogP contribution in [-0.2, 0) is 10.0 Å². The molecule has 0 amide bonds. The van der Waals surface area contributed by atoms with Gasteiger partial charge in [-0.1, -0.05) is 30.3 Å². The standard InChI is InChI=1S/C21H22N2O3S/c1-14-5-6-15(2)21(11-14)27(24,25)23-22-16(3)17-7-8-19-13-20(26-4)10-9-18(19)12-17/h5-13,23H,1-4H3. The van der Waals surface area contributed by atoms with Gasteiger partial charge in [0.05, 0.1) is 17.7 Å². The first-order valence-corrected chi connectivity index (χ1v) is 10.00. The Morgan fingerprint density at radius 1 is 0.963 bits per heavy atom. The molecule has 0 saturated heterocycles. The van der Waals surface area contributed by atoms with E-state index in [1.54, 1.807) is 33.1 Å². The molecule has 0 fully saturated rings. The van der Waals surface area contributed by atoms with Crippen molar-refractivity contribution < 1.29 is 13.2 Å². The van der Waals surface area contributed by atoms with Crippen LogP contribution in [0.25, 0.3) is 10.8 Å². The van der Waals surface area contributed by atoms with Crippen LogP contribution in [0.15, 0.2) is 64.6 Å². The Morgan fingerprint density at radius 2 is 1.67 bits per heavy atom. The summed E-state index contributed by atoms with van der Waals surface area (Å²) < 4.78 is 30.4. The van der Waals surface area contributed by atoms with Crippen molar-refractivity contribution in [3.63, 3.8) is 0 Å². The fourth-order valence-electron chi connectivity index (χ4n) is 2.81. The molecule has 0 aliphatic heterocycles. The van der Waals surface area contributed by atoms with Crippen molar-refractivity contribution in [2.24, 2.45) is 5.10 Å². The zero-order valence-electron chi connectivity index (χ0n) is 15.8. The Labute approximate surface area is 159 Å². The van der Waals surface area contributed by atoms with E-state index in [9.17, 15) is 8.42 Å². The quantitative estimate of drug-likeness (QED) is 0.532. The molecular weight excluding hydrogens is 360 g/mol. The van der Waals surface area contributed by atoms with Crippen LogP contribution >= 0.6 is 0 Å². The van der Waals surface area contributed by atoms with Crippen molar-refractivity contribution in [2.75, 3.05) is 7.11 Å². The van der Waals surface area contributed by atoms with E-state index < -0.39 is 10.0 Å². The molecule has 140 valence electrons. The van der Waals surface area contributed by atoms with Gasteiger partial charge in [0.25, 0.3) is 10.0 Å². The van der Waals surface area contributed by atoms with Gasteiger partial charge in [-0.15, -0.1) is 0 Å². The van der Waals surface area contributed by atoms with Crippen molar-refractivity contribution in [2.45, 2.75) is 25.7 Å². The summed E-state index contributed by atoms with van der Waals surface area (Å²) in [5.74, 6) is 0.793. The monoisotopic (exact) mass is 382 g/mol. The minimum atomic E-state index is -3.72. The molecule has 0 radical (unpaired) electrons. The molecule has 3 aromatic rings. The van der Waals surface area contributed by atoms with Gasteiger partial charge < -0.3 is 4.74 Å². The first kappa shape index (κ1) is 18.9. The lowest BCUT2D eigenvalue weighted by atomic mass is 10.0. The smallest absolute Gasteiger partial charge is 0.276 e. The largest absolute Gasteiger partial charge is 0.497 e. The fraction of sp³-hybridized carbons (Fsp3) is 0.190. The van der Waals surface area contributed by atoms with E-state index in [0.29, 0.717) is 11.3 Å². The third-order valence-corrected chi connectivity index (χ3v) is 5.78. The number of fused-ring (bicyclic) bond motifs is 1. The highest BCUT2D eigenvalue weighted by atomic mass is 32.2. The maximum absolute atomic E-state index is 12.6. The zero-order valence-corrected chi connectivity index (χ0v) is 16.6. The molecular formula is C21H22N2O3S. The van der Waals surface area contributed by atoms with E-state index in [1.165, 1.54) is 0 Å². The molecule has 3 aromatic carbocycles. The van der Waals surface area contributed by atoms with Gasteiger partial charge in [-0.25, -0.2) is 0 Å². The topological polar surface area (TPSA) is 67.8 Å². The summed E-state index contributed by atoms with van der Waals surface area (Å²) in [6.45, 7) is 5.40. The molecule has 1 N–H and O–H groups in total.